The van der Waals surface area contributed by atoms with Crippen molar-refractivity contribution in [2.45, 2.75) is 12.2 Å². The van der Waals surface area contributed by atoms with Gasteiger partial charge in [0.2, 0.25) is 0 Å². The summed E-state index contributed by atoms with van der Waals surface area (Å²) in [6, 6.07) is 9.26. The van der Waals surface area contributed by atoms with Gasteiger partial charge in [-0.05, 0) is 5.56 Å². The van der Waals surface area contributed by atoms with E-state index >= 15 is 0 Å². The first-order chi connectivity index (χ1) is 5.79. The summed E-state index contributed by atoms with van der Waals surface area (Å²) in [7, 11) is 0. The largest absolute Gasteiger partial charge is 1.00 e. The number of aliphatic carboxylic acids is 1. The Morgan fingerprint density at radius 2 is 1.92 bits per heavy atom. The zero-order chi connectivity index (χ0) is 8.55. The van der Waals surface area contributed by atoms with Crippen molar-refractivity contribution in [3.63, 3.8) is 0 Å². The molecule has 62 valence electrons. The number of carbonyl (C=O) groups excluding carboxylic acids is 1. The first-order valence-corrected chi connectivity index (χ1v) is 3.70. The van der Waals surface area contributed by atoms with E-state index in [1.54, 1.807) is 0 Å². The van der Waals surface area contributed by atoms with Crippen molar-refractivity contribution in [2.75, 3.05) is 0 Å². The van der Waals surface area contributed by atoms with E-state index in [1.807, 2.05) is 30.3 Å². The Bertz CT molecular complexity index is 299. The minimum absolute atomic E-state index is 0. The van der Waals surface area contributed by atoms with Gasteiger partial charge in [-0.15, -0.1) is 0 Å². The summed E-state index contributed by atoms with van der Waals surface area (Å²) in [6.45, 7) is 0. The Morgan fingerprint density at radius 3 is 2.38 bits per heavy atom. The molecule has 3 nitrogen and oxygen atoms in total. The third kappa shape index (κ3) is 2.62. The van der Waals surface area contributed by atoms with Crippen LogP contribution in [0.1, 0.15) is 11.7 Å². The number of hydrogen-bond donors (Lipinski definition) is 0. The van der Waals surface area contributed by atoms with Gasteiger partial charge in [-0.25, -0.2) is 0 Å². The molecule has 1 aromatic carbocycles. The Labute approximate surface area is 119 Å². The number of hydrogen-bond acceptors (Lipinski definition) is 3. The fourth-order valence-electron chi connectivity index (χ4n) is 1.19. The topological polar surface area (TPSA) is 52.7 Å². The van der Waals surface area contributed by atoms with Crippen molar-refractivity contribution < 1.29 is 66.0 Å². The van der Waals surface area contributed by atoms with Gasteiger partial charge >= 0.3 is 51.4 Å². The second-order valence-electron chi connectivity index (χ2n) is 2.71. The molecular formula is C9H7KO3. The molecule has 1 aromatic rings. The summed E-state index contributed by atoms with van der Waals surface area (Å²) in [5.74, 6) is -1.14. The van der Waals surface area contributed by atoms with Gasteiger partial charge in [-0.3, -0.25) is 0 Å². The van der Waals surface area contributed by atoms with E-state index in [1.165, 1.54) is 0 Å². The summed E-state index contributed by atoms with van der Waals surface area (Å²) < 4.78 is 4.90. The molecule has 0 unspecified atom stereocenters. The van der Waals surface area contributed by atoms with E-state index < -0.39 is 12.1 Å². The van der Waals surface area contributed by atoms with Crippen LogP contribution in [0.5, 0.6) is 0 Å². The minimum Gasteiger partial charge on any atom is -0.547 e. The van der Waals surface area contributed by atoms with Crippen LogP contribution < -0.4 is 56.5 Å². The van der Waals surface area contributed by atoms with Gasteiger partial charge in [-0.2, -0.15) is 0 Å². The van der Waals surface area contributed by atoms with E-state index in [2.05, 4.69) is 0 Å². The van der Waals surface area contributed by atoms with Crippen LogP contribution in [0.4, 0.5) is 0 Å². The molecule has 0 amide bonds. The van der Waals surface area contributed by atoms with Gasteiger partial charge in [-0.1, -0.05) is 30.3 Å². The number of carboxylic acid groups (broad SMARTS) is 1. The first-order valence-electron chi connectivity index (χ1n) is 3.70. The predicted octanol–water partition coefficient (Wildman–Crippen LogP) is -3.12. The number of rotatable bonds is 2. The van der Waals surface area contributed by atoms with Crippen LogP contribution in [-0.4, -0.2) is 12.1 Å². The first kappa shape index (κ1) is 11.4. The van der Waals surface area contributed by atoms with Crippen LogP contribution in [0, 0.1) is 0 Å². The quantitative estimate of drug-likeness (QED) is 0.377. The molecule has 1 saturated heterocycles. The molecule has 1 fully saturated rings. The van der Waals surface area contributed by atoms with Crippen LogP contribution in [-0.2, 0) is 9.53 Å². The SMILES string of the molecule is O=C([O-])[C@@H]1O[C@H]1c1ccccc1.[K+]. The van der Waals surface area contributed by atoms with Crippen LogP contribution in [0.2, 0.25) is 0 Å². The van der Waals surface area contributed by atoms with Crippen molar-refractivity contribution in [1.82, 2.24) is 0 Å². The molecule has 1 aliphatic rings. The maximum Gasteiger partial charge on any atom is 1.00 e. The van der Waals surface area contributed by atoms with Crippen LogP contribution in [0.3, 0.4) is 0 Å². The molecule has 4 heteroatoms. The molecule has 0 radical (unpaired) electrons. The third-order valence-electron chi connectivity index (χ3n) is 1.85. The van der Waals surface area contributed by atoms with Crippen LogP contribution in [0.25, 0.3) is 0 Å². The third-order valence-corrected chi connectivity index (χ3v) is 1.85. The maximum absolute atomic E-state index is 10.3. The second kappa shape index (κ2) is 4.68. The summed E-state index contributed by atoms with van der Waals surface area (Å²) in [5, 5.41) is 10.3. The molecule has 0 aliphatic carbocycles. The summed E-state index contributed by atoms with van der Waals surface area (Å²) in [6.07, 6.45) is -1.04. The van der Waals surface area contributed by atoms with Crippen molar-refractivity contribution >= 4 is 5.97 Å². The van der Waals surface area contributed by atoms with Crippen molar-refractivity contribution in [3.05, 3.63) is 35.9 Å². The van der Waals surface area contributed by atoms with E-state index in [0.29, 0.717) is 0 Å². The Morgan fingerprint density at radius 1 is 1.31 bits per heavy atom. The van der Waals surface area contributed by atoms with E-state index in [-0.39, 0.29) is 57.5 Å². The number of carbonyl (C=O) groups is 1. The molecule has 13 heavy (non-hydrogen) atoms. The minimum atomic E-state index is -1.14. The molecule has 0 saturated carbocycles. The number of carboxylic acids is 1. The molecule has 0 N–H and O–H groups in total. The molecule has 2 atom stereocenters. The van der Waals surface area contributed by atoms with Gasteiger partial charge in [0.05, 0.1) is 5.97 Å². The van der Waals surface area contributed by atoms with E-state index in [9.17, 15) is 9.90 Å². The molecule has 0 aromatic heterocycles. The summed E-state index contributed by atoms with van der Waals surface area (Å²) in [4.78, 5) is 10.3. The molecular weight excluding hydrogens is 195 g/mol. The van der Waals surface area contributed by atoms with Gasteiger partial charge in [0.1, 0.15) is 12.2 Å². The van der Waals surface area contributed by atoms with Crippen LogP contribution >= 0.6 is 0 Å². The Hall–Kier alpha value is 0.286. The Kier molecular flexibility index (Phi) is 4.09. The molecule has 1 heterocycles. The van der Waals surface area contributed by atoms with Gasteiger partial charge < -0.3 is 14.6 Å². The molecule has 2 rings (SSSR count). The van der Waals surface area contributed by atoms with Gasteiger partial charge in [0, 0.05) is 0 Å². The van der Waals surface area contributed by atoms with Gasteiger partial charge in [0.25, 0.3) is 0 Å². The van der Waals surface area contributed by atoms with Crippen molar-refractivity contribution in [2.24, 2.45) is 0 Å². The number of benzene rings is 1. The van der Waals surface area contributed by atoms with E-state index in [4.69, 9.17) is 4.74 Å². The fraction of sp³-hybridized carbons (Fsp3) is 0.222. The average molecular weight is 202 g/mol. The van der Waals surface area contributed by atoms with Crippen LogP contribution in [0.15, 0.2) is 30.3 Å². The smallest absolute Gasteiger partial charge is 0.547 e. The molecule has 0 spiro atoms. The average Bonchev–Trinajstić information content (AvgIpc) is 2.84. The molecule has 1 aliphatic heterocycles. The standard InChI is InChI=1S/C9H8O3.K/c10-9(11)8-7(12-8)6-4-2-1-3-5-6;/h1-5,7-8H,(H,10,11);/q;+1/p-1/t7-,8+;/m0./s1. The number of epoxide rings is 1. The summed E-state index contributed by atoms with van der Waals surface area (Å²) >= 11 is 0. The zero-order valence-corrected chi connectivity index (χ0v) is 10.4. The van der Waals surface area contributed by atoms with Gasteiger partial charge in [0.15, 0.2) is 0 Å². The maximum atomic E-state index is 10.3. The monoisotopic (exact) mass is 202 g/mol. The van der Waals surface area contributed by atoms with E-state index in [0.717, 1.165) is 5.56 Å². The van der Waals surface area contributed by atoms with Crippen molar-refractivity contribution in [1.29, 1.82) is 0 Å². The van der Waals surface area contributed by atoms with Crippen molar-refractivity contribution in [3.8, 4) is 0 Å². The Balaban J connectivity index is 0.000000845. The fourth-order valence-corrected chi connectivity index (χ4v) is 1.19. The predicted molar refractivity (Wildman–Crippen MR) is 39.1 cm³/mol. The zero-order valence-electron chi connectivity index (χ0n) is 7.27. The number of ether oxygens (including phenoxy) is 1. The summed E-state index contributed by atoms with van der Waals surface area (Å²) in [5.41, 5.74) is 0.895. The molecule has 0 bridgehead atoms. The normalized spacial score (nSPS) is 24.6. The second-order valence-corrected chi connectivity index (χ2v) is 2.71.